The zero-order chi connectivity index (χ0) is 27.5. The lowest BCUT2D eigenvalue weighted by atomic mass is 9.70. The highest BCUT2D eigenvalue weighted by Crippen LogP contribution is 2.44. The average Bonchev–Trinajstić information content (AvgIpc) is 3.25. The van der Waals surface area contributed by atoms with Gasteiger partial charge in [0.1, 0.15) is 5.60 Å². The number of hydrogen-bond donors (Lipinski definition) is 0. The number of amides is 1. The smallest absolute Gasteiger partial charge is 0.410 e. The quantitative estimate of drug-likeness (QED) is 0.123. The van der Waals surface area contributed by atoms with Gasteiger partial charge in [0.15, 0.2) is 0 Å². The Morgan fingerprint density at radius 1 is 1.14 bits per heavy atom. The van der Waals surface area contributed by atoms with Crippen LogP contribution in [-0.2, 0) is 20.8 Å². The number of aromatic nitrogens is 2. The van der Waals surface area contributed by atoms with Crippen molar-refractivity contribution >= 4 is 34.5 Å². The standard InChI is InChI=1S/C27H50IN4O4P/c1-8-16-34-20-27(21-35-17-9-2)12-10-22(11-13-27)24-23(19-32(29-24)37-28)18-30(6)14-15-31(7)25(33)36-26(3,4)5/h19,22,37H,8-18,20-21H2,1-7H3. The van der Waals surface area contributed by atoms with Crippen LogP contribution in [0.4, 0.5) is 4.79 Å². The first-order chi connectivity index (χ1) is 17.5. The molecule has 1 atom stereocenters. The Kier molecular flexibility index (Phi) is 14.1. The fourth-order valence-electron chi connectivity index (χ4n) is 4.75. The molecule has 1 aliphatic rings. The molecular weight excluding hydrogens is 602 g/mol. The van der Waals surface area contributed by atoms with Gasteiger partial charge in [-0.25, -0.2) is 9.25 Å². The van der Waals surface area contributed by atoms with Gasteiger partial charge in [-0.3, -0.25) is 0 Å². The van der Waals surface area contributed by atoms with E-state index in [9.17, 15) is 4.79 Å². The lowest BCUT2D eigenvalue weighted by Gasteiger charge is -2.39. The monoisotopic (exact) mass is 652 g/mol. The van der Waals surface area contributed by atoms with Crippen molar-refractivity contribution in [3.63, 3.8) is 0 Å². The molecule has 10 heteroatoms. The second kappa shape index (κ2) is 15.9. The van der Waals surface area contributed by atoms with Crippen LogP contribution in [0.1, 0.15) is 90.3 Å². The first kappa shape index (κ1) is 32.7. The van der Waals surface area contributed by atoms with Crippen LogP contribution in [0.25, 0.3) is 0 Å². The van der Waals surface area contributed by atoms with Crippen LogP contribution in [0, 0.1) is 5.41 Å². The number of halogens is 1. The minimum absolute atomic E-state index is 0.123. The maximum absolute atomic E-state index is 12.3. The summed E-state index contributed by atoms with van der Waals surface area (Å²) in [6.45, 7) is 15.4. The van der Waals surface area contributed by atoms with Crippen molar-refractivity contribution in [2.75, 3.05) is 53.6 Å². The van der Waals surface area contributed by atoms with Crippen LogP contribution < -0.4 is 0 Å². The predicted molar refractivity (Wildman–Crippen MR) is 161 cm³/mol. The highest BCUT2D eigenvalue weighted by atomic mass is 127. The maximum Gasteiger partial charge on any atom is 0.410 e. The summed E-state index contributed by atoms with van der Waals surface area (Å²) < 4.78 is 19.7. The third-order valence-corrected chi connectivity index (χ3v) is 8.70. The molecule has 37 heavy (non-hydrogen) atoms. The third-order valence-electron chi connectivity index (χ3n) is 6.82. The van der Waals surface area contributed by atoms with Crippen molar-refractivity contribution < 1.29 is 19.0 Å². The Bertz CT molecular complexity index is 797. The molecule has 8 nitrogen and oxygen atoms in total. The molecular formula is C27H50IN4O4P. The van der Waals surface area contributed by atoms with E-state index in [-0.39, 0.29) is 11.5 Å². The molecule has 1 amide bonds. The van der Waals surface area contributed by atoms with Gasteiger partial charge in [-0.05, 0) is 88.4 Å². The van der Waals surface area contributed by atoms with E-state index < -0.39 is 5.60 Å². The Morgan fingerprint density at radius 3 is 2.24 bits per heavy atom. The molecule has 2 rings (SSSR count). The molecule has 1 saturated carbocycles. The van der Waals surface area contributed by atoms with E-state index in [1.165, 1.54) is 11.3 Å². The predicted octanol–water partition coefficient (Wildman–Crippen LogP) is 6.47. The zero-order valence-corrected chi connectivity index (χ0v) is 27.3. The minimum atomic E-state index is -0.483. The van der Waals surface area contributed by atoms with Crippen LogP contribution in [0.3, 0.4) is 0 Å². The highest BCUT2D eigenvalue weighted by Gasteiger charge is 2.38. The van der Waals surface area contributed by atoms with Crippen molar-refractivity contribution in [1.82, 2.24) is 19.4 Å². The largest absolute Gasteiger partial charge is 0.444 e. The van der Waals surface area contributed by atoms with E-state index in [0.29, 0.717) is 18.8 Å². The summed E-state index contributed by atoms with van der Waals surface area (Å²) in [5.74, 6) is 0.465. The molecule has 0 saturated heterocycles. The number of ether oxygens (including phenoxy) is 3. The van der Waals surface area contributed by atoms with E-state index in [1.807, 2.05) is 20.8 Å². The molecule has 0 spiro atoms. The van der Waals surface area contributed by atoms with Gasteiger partial charge >= 0.3 is 6.09 Å². The third kappa shape index (κ3) is 11.3. The Morgan fingerprint density at radius 2 is 1.73 bits per heavy atom. The van der Waals surface area contributed by atoms with E-state index in [4.69, 9.17) is 19.3 Å². The van der Waals surface area contributed by atoms with Crippen LogP contribution in [0.2, 0.25) is 0 Å². The Hall–Kier alpha value is -0.480. The molecule has 214 valence electrons. The van der Waals surface area contributed by atoms with Gasteiger partial charge in [0, 0.05) is 63.0 Å². The maximum atomic E-state index is 12.3. The molecule has 1 aliphatic carbocycles. The minimum Gasteiger partial charge on any atom is -0.444 e. The van der Waals surface area contributed by atoms with Crippen LogP contribution in [-0.4, -0.2) is 84.7 Å². The van der Waals surface area contributed by atoms with Gasteiger partial charge in [-0.1, -0.05) is 13.8 Å². The molecule has 0 radical (unpaired) electrons. The summed E-state index contributed by atoms with van der Waals surface area (Å²) in [6.07, 6.45) is 9.07. The van der Waals surface area contributed by atoms with Gasteiger partial charge in [-0.15, -0.1) is 0 Å². The topological polar surface area (TPSA) is 69.1 Å². The van der Waals surface area contributed by atoms with Crippen LogP contribution >= 0.6 is 28.4 Å². The summed E-state index contributed by atoms with van der Waals surface area (Å²) in [7, 11) is 3.91. The van der Waals surface area contributed by atoms with E-state index in [2.05, 4.69) is 58.5 Å². The lowest BCUT2D eigenvalue weighted by Crippen LogP contribution is -2.38. The van der Waals surface area contributed by atoms with E-state index in [0.717, 1.165) is 78.0 Å². The SMILES string of the molecule is CCCOCC1(COCCC)CCC(c2nn(PI)cc2CN(C)CCN(C)C(=O)OC(C)(C)C)CC1. The Balaban J connectivity index is 2.00. The van der Waals surface area contributed by atoms with Crippen molar-refractivity contribution in [1.29, 1.82) is 0 Å². The fourth-order valence-corrected chi connectivity index (χ4v) is 5.85. The number of likely N-dealkylation sites (N-methyl/N-ethyl adjacent to an activating group) is 2. The van der Waals surface area contributed by atoms with Crippen LogP contribution in [0.5, 0.6) is 0 Å². The van der Waals surface area contributed by atoms with Crippen molar-refractivity contribution in [2.45, 2.75) is 91.2 Å². The van der Waals surface area contributed by atoms with Crippen molar-refractivity contribution in [3.05, 3.63) is 17.5 Å². The normalized spacial score (nSPS) is 16.7. The molecule has 1 aromatic heterocycles. The molecule has 0 aromatic carbocycles. The first-order valence-electron chi connectivity index (χ1n) is 13.8. The molecule has 1 aromatic rings. The summed E-state index contributed by atoms with van der Waals surface area (Å²) in [4.78, 5) is 16.2. The van der Waals surface area contributed by atoms with Crippen LogP contribution in [0.15, 0.2) is 6.20 Å². The van der Waals surface area contributed by atoms with Gasteiger partial charge < -0.3 is 24.0 Å². The number of carbonyl (C=O) groups excluding carboxylic acids is 1. The molecule has 0 aliphatic heterocycles. The molecule has 0 N–H and O–H groups in total. The van der Waals surface area contributed by atoms with E-state index in [1.54, 1.807) is 11.9 Å². The van der Waals surface area contributed by atoms with Crippen molar-refractivity contribution in [2.24, 2.45) is 5.41 Å². The number of rotatable bonds is 15. The summed E-state index contributed by atoms with van der Waals surface area (Å²) in [6, 6.07) is 0. The number of carbonyl (C=O) groups is 1. The molecule has 1 unspecified atom stereocenters. The van der Waals surface area contributed by atoms with Gasteiger partial charge in [0.05, 0.1) is 25.3 Å². The Labute approximate surface area is 239 Å². The number of hydrogen-bond acceptors (Lipinski definition) is 6. The molecule has 1 heterocycles. The second-order valence-corrected chi connectivity index (χ2v) is 13.7. The molecule has 1 fully saturated rings. The zero-order valence-electron chi connectivity index (χ0n) is 24.1. The average molecular weight is 653 g/mol. The van der Waals surface area contributed by atoms with E-state index >= 15 is 0 Å². The van der Waals surface area contributed by atoms with Crippen molar-refractivity contribution in [3.8, 4) is 0 Å². The van der Waals surface area contributed by atoms with Gasteiger partial charge in [0.25, 0.3) is 0 Å². The summed E-state index contributed by atoms with van der Waals surface area (Å²) in [5.41, 5.74) is 2.18. The number of nitrogens with zero attached hydrogens (tertiary/aromatic N) is 4. The first-order valence-corrected chi connectivity index (χ1v) is 17.8. The summed E-state index contributed by atoms with van der Waals surface area (Å²) >= 11 is 2.40. The fraction of sp³-hybridized carbons (Fsp3) is 0.852. The second-order valence-electron chi connectivity index (χ2n) is 11.6. The summed E-state index contributed by atoms with van der Waals surface area (Å²) in [5, 5.41) is 5.02. The molecule has 0 bridgehead atoms. The lowest BCUT2D eigenvalue weighted by molar-refractivity contribution is -0.0447. The van der Waals surface area contributed by atoms with Gasteiger partial charge in [-0.2, -0.15) is 5.10 Å². The highest BCUT2D eigenvalue weighted by molar-refractivity contribution is 14.2. The van der Waals surface area contributed by atoms with Gasteiger partial charge in [0.2, 0.25) is 0 Å².